The van der Waals surface area contributed by atoms with Crippen LogP contribution in [0.4, 0.5) is 4.79 Å². The van der Waals surface area contributed by atoms with Crippen LogP contribution in [0, 0.1) is 5.92 Å². The van der Waals surface area contributed by atoms with E-state index in [1.807, 2.05) is 43.9 Å². The van der Waals surface area contributed by atoms with Crippen molar-refractivity contribution in [1.82, 2.24) is 20.0 Å². The van der Waals surface area contributed by atoms with Gasteiger partial charge in [-0.05, 0) is 59.1 Å². The van der Waals surface area contributed by atoms with Crippen LogP contribution in [-0.2, 0) is 11.3 Å². The number of hydrogen-bond donors (Lipinski definition) is 1. The summed E-state index contributed by atoms with van der Waals surface area (Å²) in [7, 11) is 0. The molecule has 2 atom stereocenters. The average Bonchev–Trinajstić information content (AvgIpc) is 2.96. The molecule has 0 spiro atoms. The number of hydrogen-bond acceptors (Lipinski definition) is 4. The molecule has 0 radical (unpaired) electrons. The molecule has 2 unspecified atom stereocenters. The molecular formula is C17H30N4O2. The van der Waals surface area contributed by atoms with Gasteiger partial charge >= 0.3 is 6.09 Å². The number of alkyl carbamates (subject to hydrolysis) is 1. The fourth-order valence-electron chi connectivity index (χ4n) is 2.99. The summed E-state index contributed by atoms with van der Waals surface area (Å²) < 4.78 is 7.31. The third-order valence-electron chi connectivity index (χ3n) is 4.20. The maximum Gasteiger partial charge on any atom is 0.407 e. The number of likely N-dealkylation sites (tertiary alicyclic amines) is 1. The molecule has 1 saturated heterocycles. The fourth-order valence-corrected chi connectivity index (χ4v) is 2.99. The molecule has 6 heteroatoms. The van der Waals surface area contributed by atoms with E-state index in [-0.39, 0.29) is 12.1 Å². The van der Waals surface area contributed by atoms with Gasteiger partial charge in [-0.15, -0.1) is 0 Å². The average molecular weight is 322 g/mol. The van der Waals surface area contributed by atoms with Crippen LogP contribution in [0.1, 0.15) is 40.5 Å². The zero-order valence-electron chi connectivity index (χ0n) is 14.8. The molecule has 2 heterocycles. The number of ether oxygens (including phenoxy) is 1. The highest BCUT2D eigenvalue weighted by Crippen LogP contribution is 2.20. The van der Waals surface area contributed by atoms with Crippen molar-refractivity contribution < 1.29 is 9.53 Å². The first kappa shape index (κ1) is 17.8. The number of rotatable bonds is 5. The van der Waals surface area contributed by atoms with Crippen LogP contribution < -0.4 is 5.32 Å². The minimum Gasteiger partial charge on any atom is -0.444 e. The van der Waals surface area contributed by atoms with Gasteiger partial charge in [-0.2, -0.15) is 5.10 Å². The lowest BCUT2D eigenvalue weighted by Gasteiger charge is -2.36. The zero-order chi connectivity index (χ0) is 16.9. The summed E-state index contributed by atoms with van der Waals surface area (Å²) in [5, 5.41) is 7.24. The summed E-state index contributed by atoms with van der Waals surface area (Å²) in [6.45, 7) is 11.8. The molecule has 1 aromatic rings. The van der Waals surface area contributed by atoms with Gasteiger partial charge in [0.05, 0.1) is 6.54 Å². The zero-order valence-corrected chi connectivity index (χ0v) is 14.8. The number of aromatic nitrogens is 2. The van der Waals surface area contributed by atoms with Crippen molar-refractivity contribution in [3.8, 4) is 0 Å². The maximum absolute atomic E-state index is 11.9. The Morgan fingerprint density at radius 1 is 1.43 bits per heavy atom. The SMILES string of the molecule is CC(NC(=O)OC(C)(C)C)C1CCCN(CCn2cccn2)C1. The van der Waals surface area contributed by atoms with Crippen LogP contribution >= 0.6 is 0 Å². The third kappa shape index (κ3) is 6.22. The molecule has 0 aromatic carbocycles. The smallest absolute Gasteiger partial charge is 0.407 e. The minimum atomic E-state index is -0.452. The summed E-state index contributed by atoms with van der Waals surface area (Å²) in [4.78, 5) is 14.4. The van der Waals surface area contributed by atoms with Crippen LogP contribution in [0.2, 0.25) is 0 Å². The predicted molar refractivity (Wildman–Crippen MR) is 90.2 cm³/mol. The molecule has 1 N–H and O–H groups in total. The summed E-state index contributed by atoms with van der Waals surface area (Å²) in [6, 6.07) is 2.07. The van der Waals surface area contributed by atoms with E-state index >= 15 is 0 Å². The number of nitrogens with one attached hydrogen (secondary N) is 1. The predicted octanol–water partition coefficient (Wildman–Crippen LogP) is 2.51. The Morgan fingerprint density at radius 3 is 2.87 bits per heavy atom. The van der Waals surface area contributed by atoms with Crippen molar-refractivity contribution in [1.29, 1.82) is 0 Å². The molecule has 1 aromatic heterocycles. The molecule has 1 aliphatic rings. The van der Waals surface area contributed by atoms with Crippen LogP contribution in [0.3, 0.4) is 0 Å². The molecule has 0 saturated carbocycles. The number of amides is 1. The number of carbonyl (C=O) groups excluding carboxylic acids is 1. The molecule has 0 bridgehead atoms. The Hall–Kier alpha value is -1.56. The fraction of sp³-hybridized carbons (Fsp3) is 0.765. The van der Waals surface area contributed by atoms with Crippen molar-refractivity contribution in [2.45, 2.75) is 58.7 Å². The van der Waals surface area contributed by atoms with Crippen LogP contribution in [0.5, 0.6) is 0 Å². The van der Waals surface area contributed by atoms with E-state index < -0.39 is 5.60 Å². The molecule has 1 amide bonds. The van der Waals surface area contributed by atoms with Gasteiger partial charge in [0.25, 0.3) is 0 Å². The van der Waals surface area contributed by atoms with Crippen molar-refractivity contribution in [2.24, 2.45) is 5.92 Å². The Bertz CT molecular complexity index is 481. The first-order valence-electron chi connectivity index (χ1n) is 8.53. The normalized spacial score (nSPS) is 21.0. The van der Waals surface area contributed by atoms with E-state index in [0.717, 1.165) is 32.6 Å². The Balaban J connectivity index is 1.76. The topological polar surface area (TPSA) is 59.4 Å². The molecular weight excluding hydrogens is 292 g/mol. The lowest BCUT2D eigenvalue weighted by atomic mass is 9.91. The molecule has 130 valence electrons. The van der Waals surface area contributed by atoms with E-state index in [9.17, 15) is 4.79 Å². The monoisotopic (exact) mass is 322 g/mol. The van der Waals surface area contributed by atoms with E-state index in [1.165, 1.54) is 6.42 Å². The van der Waals surface area contributed by atoms with Crippen molar-refractivity contribution in [2.75, 3.05) is 19.6 Å². The van der Waals surface area contributed by atoms with Crippen molar-refractivity contribution >= 4 is 6.09 Å². The van der Waals surface area contributed by atoms with Gasteiger partial charge in [0.15, 0.2) is 0 Å². The lowest BCUT2D eigenvalue weighted by Crippen LogP contribution is -2.47. The second kappa shape index (κ2) is 7.81. The van der Waals surface area contributed by atoms with Gasteiger partial charge < -0.3 is 15.0 Å². The molecule has 2 rings (SSSR count). The van der Waals surface area contributed by atoms with Gasteiger partial charge in [-0.25, -0.2) is 4.79 Å². The minimum absolute atomic E-state index is 0.123. The first-order valence-corrected chi connectivity index (χ1v) is 8.53. The second-order valence-corrected chi connectivity index (χ2v) is 7.41. The molecule has 1 fully saturated rings. The van der Waals surface area contributed by atoms with Gasteiger partial charge in [0, 0.05) is 31.5 Å². The quantitative estimate of drug-likeness (QED) is 0.905. The number of nitrogens with zero attached hydrogens (tertiary/aromatic N) is 3. The van der Waals surface area contributed by atoms with E-state index in [4.69, 9.17) is 4.74 Å². The van der Waals surface area contributed by atoms with Gasteiger partial charge in [0.2, 0.25) is 0 Å². The second-order valence-electron chi connectivity index (χ2n) is 7.41. The Morgan fingerprint density at radius 2 is 2.22 bits per heavy atom. The summed E-state index contributed by atoms with van der Waals surface area (Å²) in [6.07, 6.45) is 5.80. The molecule has 0 aliphatic carbocycles. The number of piperidine rings is 1. The van der Waals surface area contributed by atoms with Gasteiger partial charge in [-0.3, -0.25) is 4.68 Å². The highest BCUT2D eigenvalue weighted by atomic mass is 16.6. The van der Waals surface area contributed by atoms with Crippen LogP contribution in [-0.4, -0.2) is 52.1 Å². The standard InChI is InChI=1S/C17H30N4O2/c1-14(19-16(22)23-17(2,3)4)15-7-5-9-20(13-15)11-12-21-10-6-8-18-21/h6,8,10,14-15H,5,7,9,11-13H2,1-4H3,(H,19,22). The lowest BCUT2D eigenvalue weighted by molar-refractivity contribution is 0.0467. The van der Waals surface area contributed by atoms with Gasteiger partial charge in [0.1, 0.15) is 5.60 Å². The molecule has 23 heavy (non-hydrogen) atoms. The summed E-state index contributed by atoms with van der Waals surface area (Å²) in [5.74, 6) is 0.467. The highest BCUT2D eigenvalue weighted by molar-refractivity contribution is 5.68. The van der Waals surface area contributed by atoms with Gasteiger partial charge in [-0.1, -0.05) is 0 Å². The first-order chi connectivity index (χ1) is 10.8. The number of carbonyl (C=O) groups is 1. The largest absolute Gasteiger partial charge is 0.444 e. The molecule has 6 nitrogen and oxygen atoms in total. The van der Waals surface area contributed by atoms with E-state index in [1.54, 1.807) is 0 Å². The van der Waals surface area contributed by atoms with Crippen LogP contribution in [0.15, 0.2) is 18.5 Å². The van der Waals surface area contributed by atoms with Crippen molar-refractivity contribution in [3.63, 3.8) is 0 Å². The van der Waals surface area contributed by atoms with Crippen molar-refractivity contribution in [3.05, 3.63) is 18.5 Å². The summed E-state index contributed by atoms with van der Waals surface area (Å²) in [5.41, 5.74) is -0.452. The van der Waals surface area contributed by atoms with E-state index in [0.29, 0.717) is 5.92 Å². The van der Waals surface area contributed by atoms with E-state index in [2.05, 4.69) is 22.2 Å². The van der Waals surface area contributed by atoms with Crippen LogP contribution in [0.25, 0.3) is 0 Å². The highest BCUT2D eigenvalue weighted by Gasteiger charge is 2.27. The Kier molecular flexibility index (Phi) is 6.04. The summed E-state index contributed by atoms with van der Waals surface area (Å²) >= 11 is 0. The maximum atomic E-state index is 11.9. The Labute approximate surface area is 139 Å². The molecule has 1 aliphatic heterocycles. The third-order valence-corrected chi connectivity index (χ3v) is 4.20.